The largest absolute Gasteiger partial charge is 0.494 e. The Labute approximate surface area is 187 Å². The van der Waals surface area contributed by atoms with E-state index in [2.05, 4.69) is 0 Å². The van der Waals surface area contributed by atoms with Gasteiger partial charge in [-0.2, -0.15) is 0 Å². The van der Waals surface area contributed by atoms with Gasteiger partial charge in [0.2, 0.25) is 5.43 Å². The van der Waals surface area contributed by atoms with Gasteiger partial charge in [-0.15, -0.1) is 23.7 Å². The summed E-state index contributed by atoms with van der Waals surface area (Å²) in [6.45, 7) is 0. The molecular formula is C22H22ClFN2O4S. The molecule has 2 heterocycles. The summed E-state index contributed by atoms with van der Waals surface area (Å²) in [6.07, 6.45) is 3.29. The fourth-order valence-corrected chi connectivity index (χ4v) is 5.59. The first kappa shape index (κ1) is 21.8. The number of halogens is 2. The Hall–Kier alpha value is -2.42. The standard InChI is InChI=1S/C22H21FN2O4S.ClH/c1-29-20-12(16-8-10-2-7-15(23)17(24)21(10)30-16)5-6-13-18(20)25(11-3-4-11)9-14(19(13)26)22(27)28;/h5-6,8-9,11,15,17H,2-4,7,24H2,1H3,(H,27,28);1H. The average molecular weight is 465 g/mol. The van der Waals surface area contributed by atoms with E-state index in [9.17, 15) is 19.1 Å². The van der Waals surface area contributed by atoms with Crippen LogP contribution < -0.4 is 15.9 Å². The Bertz CT molecular complexity index is 1250. The van der Waals surface area contributed by atoms with Gasteiger partial charge in [0.05, 0.1) is 24.1 Å². The van der Waals surface area contributed by atoms with Crippen molar-refractivity contribution in [2.75, 3.05) is 7.11 Å². The number of aromatic nitrogens is 1. The summed E-state index contributed by atoms with van der Waals surface area (Å²) in [4.78, 5) is 26.2. The van der Waals surface area contributed by atoms with Crippen molar-refractivity contribution in [3.63, 3.8) is 0 Å². The molecule has 0 bridgehead atoms. The van der Waals surface area contributed by atoms with Gasteiger partial charge in [-0.3, -0.25) is 4.79 Å². The van der Waals surface area contributed by atoms with Crippen LogP contribution in [0.2, 0.25) is 0 Å². The molecule has 1 saturated carbocycles. The molecule has 164 valence electrons. The van der Waals surface area contributed by atoms with Crippen molar-refractivity contribution in [3.05, 3.63) is 50.6 Å². The molecule has 1 aromatic carbocycles. The van der Waals surface area contributed by atoms with Crippen LogP contribution in [0.4, 0.5) is 4.39 Å². The molecular weight excluding hydrogens is 443 g/mol. The van der Waals surface area contributed by atoms with E-state index in [1.807, 2.05) is 10.6 Å². The number of aromatic carboxylic acids is 1. The van der Waals surface area contributed by atoms with Crippen molar-refractivity contribution in [2.24, 2.45) is 5.73 Å². The number of fused-ring (bicyclic) bond motifs is 2. The number of pyridine rings is 1. The van der Waals surface area contributed by atoms with Gasteiger partial charge < -0.3 is 20.1 Å². The molecule has 3 aromatic rings. The predicted octanol–water partition coefficient (Wildman–Crippen LogP) is 4.48. The maximum Gasteiger partial charge on any atom is 0.341 e. The third-order valence-electron chi connectivity index (χ3n) is 6.01. The van der Waals surface area contributed by atoms with Gasteiger partial charge in [0.25, 0.3) is 0 Å². The first-order valence-electron chi connectivity index (χ1n) is 9.92. The summed E-state index contributed by atoms with van der Waals surface area (Å²) < 4.78 is 21.7. The molecule has 5 rings (SSSR count). The Morgan fingerprint density at radius 3 is 2.71 bits per heavy atom. The van der Waals surface area contributed by atoms with Crippen molar-refractivity contribution in [3.8, 4) is 16.2 Å². The molecule has 2 aliphatic carbocycles. The maximum atomic E-state index is 14.1. The number of hydrogen-bond donors (Lipinski definition) is 2. The third-order valence-corrected chi connectivity index (χ3v) is 7.32. The molecule has 0 saturated heterocycles. The minimum absolute atomic E-state index is 0. The summed E-state index contributed by atoms with van der Waals surface area (Å²) in [5.41, 5.74) is 7.77. The fourth-order valence-electron chi connectivity index (χ4n) is 4.30. The molecule has 6 nitrogen and oxygen atoms in total. The van der Waals surface area contributed by atoms with E-state index in [4.69, 9.17) is 10.5 Å². The van der Waals surface area contributed by atoms with Crippen molar-refractivity contribution in [1.29, 1.82) is 0 Å². The number of carbonyl (C=O) groups is 1. The predicted molar refractivity (Wildman–Crippen MR) is 121 cm³/mol. The van der Waals surface area contributed by atoms with Gasteiger partial charge in [-0.25, -0.2) is 9.18 Å². The molecule has 2 unspecified atom stereocenters. The first-order chi connectivity index (χ1) is 14.4. The summed E-state index contributed by atoms with van der Waals surface area (Å²) in [6, 6.07) is 4.99. The number of ether oxygens (including phenoxy) is 1. The lowest BCUT2D eigenvalue weighted by Gasteiger charge is -2.22. The van der Waals surface area contributed by atoms with Gasteiger partial charge in [0.15, 0.2) is 5.75 Å². The van der Waals surface area contributed by atoms with Crippen LogP contribution in [0, 0.1) is 0 Å². The van der Waals surface area contributed by atoms with Crippen LogP contribution in [-0.2, 0) is 6.42 Å². The Kier molecular flexibility index (Phi) is 5.57. The minimum atomic E-state index is -1.24. The van der Waals surface area contributed by atoms with Crippen LogP contribution >= 0.6 is 23.7 Å². The fraction of sp³-hybridized carbons (Fsp3) is 0.364. The molecule has 31 heavy (non-hydrogen) atoms. The zero-order valence-corrected chi connectivity index (χ0v) is 18.4. The number of thiophene rings is 1. The van der Waals surface area contributed by atoms with Gasteiger partial charge >= 0.3 is 5.97 Å². The second kappa shape index (κ2) is 7.93. The summed E-state index contributed by atoms with van der Waals surface area (Å²) in [7, 11) is 1.54. The van der Waals surface area contributed by atoms with Gasteiger partial charge in [-0.05, 0) is 49.4 Å². The highest BCUT2D eigenvalue weighted by Crippen LogP contribution is 2.46. The van der Waals surface area contributed by atoms with Crippen LogP contribution in [0.3, 0.4) is 0 Å². The second-order valence-electron chi connectivity index (χ2n) is 7.94. The van der Waals surface area contributed by atoms with Crippen LogP contribution in [0.25, 0.3) is 21.3 Å². The van der Waals surface area contributed by atoms with E-state index in [1.165, 1.54) is 17.5 Å². The number of rotatable bonds is 4. The van der Waals surface area contributed by atoms with Crippen molar-refractivity contribution >= 4 is 40.6 Å². The Morgan fingerprint density at radius 2 is 2.06 bits per heavy atom. The number of carboxylic acid groups (broad SMARTS) is 1. The quantitative estimate of drug-likeness (QED) is 0.593. The molecule has 3 N–H and O–H groups in total. The van der Waals surface area contributed by atoms with Crippen molar-refractivity contribution < 1.29 is 19.0 Å². The Morgan fingerprint density at radius 1 is 1.32 bits per heavy atom. The smallest absolute Gasteiger partial charge is 0.341 e. The van der Waals surface area contributed by atoms with E-state index >= 15 is 0 Å². The van der Waals surface area contributed by atoms with E-state index < -0.39 is 23.6 Å². The lowest BCUT2D eigenvalue weighted by atomic mass is 9.93. The number of benzene rings is 1. The maximum absolute atomic E-state index is 14.1. The molecule has 2 aromatic heterocycles. The number of alkyl halides is 1. The Balaban J connectivity index is 0.00000231. The number of hydrogen-bond acceptors (Lipinski definition) is 5. The lowest BCUT2D eigenvalue weighted by molar-refractivity contribution is 0.0695. The van der Waals surface area contributed by atoms with Crippen LogP contribution in [0.15, 0.2) is 29.2 Å². The summed E-state index contributed by atoms with van der Waals surface area (Å²) in [5, 5.41) is 9.79. The van der Waals surface area contributed by atoms with Crippen molar-refractivity contribution in [2.45, 2.75) is 43.9 Å². The van der Waals surface area contributed by atoms with E-state index in [0.717, 1.165) is 33.7 Å². The molecule has 2 aliphatic rings. The second-order valence-corrected chi connectivity index (χ2v) is 9.02. The third kappa shape index (κ3) is 3.43. The first-order valence-corrected chi connectivity index (χ1v) is 10.7. The molecule has 0 spiro atoms. The van der Waals surface area contributed by atoms with E-state index in [1.54, 1.807) is 19.2 Å². The zero-order valence-electron chi connectivity index (χ0n) is 16.8. The van der Waals surface area contributed by atoms with Gasteiger partial charge in [-0.1, -0.05) is 0 Å². The molecule has 0 aliphatic heterocycles. The van der Waals surface area contributed by atoms with Crippen LogP contribution in [0.5, 0.6) is 5.75 Å². The topological polar surface area (TPSA) is 94.6 Å². The van der Waals surface area contributed by atoms with E-state index in [-0.39, 0.29) is 24.0 Å². The molecule has 0 radical (unpaired) electrons. The molecule has 0 amide bonds. The molecule has 1 fully saturated rings. The number of nitrogens with zero attached hydrogens (tertiary/aromatic N) is 1. The normalized spacial score (nSPS) is 20.2. The highest BCUT2D eigenvalue weighted by atomic mass is 35.5. The minimum Gasteiger partial charge on any atom is -0.494 e. The average Bonchev–Trinajstić information content (AvgIpc) is 3.48. The lowest BCUT2D eigenvalue weighted by Crippen LogP contribution is -2.26. The molecule has 2 atom stereocenters. The number of carboxylic acids is 1. The van der Waals surface area contributed by atoms with Crippen LogP contribution in [0.1, 0.15) is 52.1 Å². The highest BCUT2D eigenvalue weighted by Gasteiger charge is 2.31. The highest BCUT2D eigenvalue weighted by molar-refractivity contribution is 7.15. The summed E-state index contributed by atoms with van der Waals surface area (Å²) in [5.74, 6) is -0.711. The van der Waals surface area contributed by atoms with Crippen molar-refractivity contribution in [1.82, 2.24) is 4.57 Å². The SMILES string of the molecule is COc1c(-c2cc3c(s2)C(N)C(F)CC3)ccc2c(=O)c(C(=O)O)cn(C3CC3)c12.Cl. The zero-order chi connectivity index (χ0) is 21.2. The van der Waals surface area contributed by atoms with Crippen LogP contribution in [-0.4, -0.2) is 28.9 Å². The van der Waals surface area contributed by atoms with Gasteiger partial charge in [0.1, 0.15) is 11.7 Å². The number of nitrogens with two attached hydrogens (primary N) is 1. The number of aryl methyl sites for hydroxylation is 1. The summed E-state index contributed by atoms with van der Waals surface area (Å²) >= 11 is 1.45. The molecule has 9 heteroatoms. The van der Waals surface area contributed by atoms with Gasteiger partial charge in [0, 0.05) is 27.6 Å². The number of methoxy groups -OCH3 is 1. The monoisotopic (exact) mass is 464 g/mol. The van der Waals surface area contributed by atoms with E-state index in [0.29, 0.717) is 29.5 Å².